The number of nitrogens with zero attached hydrogens (tertiary/aromatic N) is 2. The average molecular weight is 398 g/mol. The smallest absolute Gasteiger partial charge is 0.383 e. The van der Waals surface area contributed by atoms with Crippen LogP contribution in [0.4, 0.5) is 13.2 Å². The third kappa shape index (κ3) is 5.40. The summed E-state index contributed by atoms with van der Waals surface area (Å²) in [4.78, 5) is 24.4. The standard InChI is InChI=1S/C18H21F3N4O3/c1-12-11-15(26)16(17(27)23-8-7-22-9-10-28-2)24-25(12)14-6-4-3-5-13(14)18(19,20)21/h3-6,11,22H,7-10H2,1-2H3,(H,23,27). The topological polar surface area (TPSA) is 85.2 Å². The van der Waals surface area contributed by atoms with Crippen LogP contribution in [0.15, 0.2) is 35.1 Å². The van der Waals surface area contributed by atoms with Gasteiger partial charge in [-0.2, -0.15) is 18.3 Å². The largest absolute Gasteiger partial charge is 0.418 e. The van der Waals surface area contributed by atoms with E-state index < -0.39 is 28.8 Å². The van der Waals surface area contributed by atoms with Gasteiger partial charge in [-0.1, -0.05) is 12.1 Å². The lowest BCUT2D eigenvalue weighted by atomic mass is 10.1. The number of aromatic nitrogens is 2. The Morgan fingerprint density at radius 3 is 2.61 bits per heavy atom. The molecule has 2 aromatic rings. The van der Waals surface area contributed by atoms with Gasteiger partial charge >= 0.3 is 6.18 Å². The number of halogens is 3. The zero-order chi connectivity index (χ0) is 20.7. The highest BCUT2D eigenvalue weighted by Crippen LogP contribution is 2.33. The fraction of sp³-hybridized carbons (Fsp3) is 0.389. The minimum atomic E-state index is -4.61. The number of carbonyl (C=O) groups excluding carboxylic acids is 1. The molecule has 0 radical (unpaired) electrons. The summed E-state index contributed by atoms with van der Waals surface area (Å²) in [6.07, 6.45) is -4.61. The number of ether oxygens (including phenoxy) is 1. The summed E-state index contributed by atoms with van der Waals surface area (Å²) in [6.45, 7) is 3.21. The molecule has 0 aliphatic rings. The number of amides is 1. The molecule has 1 aromatic carbocycles. The summed E-state index contributed by atoms with van der Waals surface area (Å²) in [7, 11) is 1.56. The number of benzene rings is 1. The van der Waals surface area contributed by atoms with E-state index in [0.29, 0.717) is 19.7 Å². The molecule has 0 atom stereocenters. The Labute approximate surface area is 159 Å². The summed E-state index contributed by atoms with van der Waals surface area (Å²) < 4.78 is 45.7. The SMILES string of the molecule is COCCNCCNC(=O)c1nn(-c2ccccc2C(F)(F)F)c(C)cc1=O. The van der Waals surface area contributed by atoms with Crippen molar-refractivity contribution < 1.29 is 22.7 Å². The molecule has 1 aromatic heterocycles. The highest BCUT2D eigenvalue weighted by Gasteiger charge is 2.34. The van der Waals surface area contributed by atoms with Crippen LogP contribution in [0.5, 0.6) is 0 Å². The van der Waals surface area contributed by atoms with Gasteiger partial charge in [0.05, 0.1) is 17.9 Å². The van der Waals surface area contributed by atoms with E-state index in [1.54, 1.807) is 7.11 Å². The summed E-state index contributed by atoms with van der Waals surface area (Å²) in [5.41, 5.74) is -2.13. The number of aryl methyl sites for hydroxylation is 1. The van der Waals surface area contributed by atoms with E-state index in [-0.39, 0.29) is 17.9 Å². The van der Waals surface area contributed by atoms with Gasteiger partial charge in [0.2, 0.25) is 5.43 Å². The Morgan fingerprint density at radius 1 is 1.21 bits per heavy atom. The van der Waals surface area contributed by atoms with E-state index >= 15 is 0 Å². The first-order valence-electron chi connectivity index (χ1n) is 8.51. The van der Waals surface area contributed by atoms with Gasteiger partial charge in [0, 0.05) is 38.5 Å². The van der Waals surface area contributed by atoms with Crippen LogP contribution >= 0.6 is 0 Å². The molecule has 2 rings (SSSR count). The predicted octanol–water partition coefficient (Wildman–Crippen LogP) is 1.53. The maximum absolute atomic E-state index is 13.3. The predicted molar refractivity (Wildman–Crippen MR) is 96.7 cm³/mol. The van der Waals surface area contributed by atoms with E-state index in [0.717, 1.165) is 16.8 Å². The Hall–Kier alpha value is -2.72. The van der Waals surface area contributed by atoms with Crippen molar-refractivity contribution in [2.24, 2.45) is 0 Å². The summed E-state index contributed by atoms with van der Waals surface area (Å²) >= 11 is 0. The van der Waals surface area contributed by atoms with Gasteiger partial charge in [-0.3, -0.25) is 9.59 Å². The van der Waals surface area contributed by atoms with Crippen LogP contribution < -0.4 is 16.1 Å². The summed E-state index contributed by atoms with van der Waals surface area (Å²) in [5, 5.41) is 9.43. The molecule has 0 bridgehead atoms. The molecular formula is C18H21F3N4O3. The van der Waals surface area contributed by atoms with Crippen LogP contribution in [-0.4, -0.2) is 49.0 Å². The Kier molecular flexibility index (Phi) is 7.30. The van der Waals surface area contributed by atoms with E-state index in [4.69, 9.17) is 4.74 Å². The Bertz CT molecular complexity index is 881. The normalized spacial score (nSPS) is 11.5. The van der Waals surface area contributed by atoms with Crippen molar-refractivity contribution in [3.8, 4) is 5.69 Å². The molecule has 28 heavy (non-hydrogen) atoms. The van der Waals surface area contributed by atoms with Crippen LogP contribution in [0, 0.1) is 6.92 Å². The van der Waals surface area contributed by atoms with E-state index in [2.05, 4.69) is 15.7 Å². The molecule has 10 heteroatoms. The number of nitrogens with one attached hydrogen (secondary N) is 2. The van der Waals surface area contributed by atoms with E-state index in [1.807, 2.05) is 0 Å². The van der Waals surface area contributed by atoms with Gasteiger partial charge < -0.3 is 15.4 Å². The zero-order valence-electron chi connectivity index (χ0n) is 15.5. The van der Waals surface area contributed by atoms with Gasteiger partial charge in [0.15, 0.2) is 5.69 Å². The van der Waals surface area contributed by atoms with Gasteiger partial charge in [-0.15, -0.1) is 0 Å². The lowest BCUT2D eigenvalue weighted by Gasteiger charge is -2.16. The first kappa shape index (κ1) is 21.6. The molecule has 1 amide bonds. The van der Waals surface area contributed by atoms with Crippen molar-refractivity contribution in [2.45, 2.75) is 13.1 Å². The molecule has 0 aliphatic heterocycles. The maximum Gasteiger partial charge on any atom is 0.418 e. The van der Waals surface area contributed by atoms with Crippen molar-refractivity contribution in [1.29, 1.82) is 0 Å². The fourth-order valence-electron chi connectivity index (χ4n) is 2.49. The zero-order valence-corrected chi connectivity index (χ0v) is 15.5. The second-order valence-electron chi connectivity index (χ2n) is 5.92. The second-order valence-corrected chi connectivity index (χ2v) is 5.92. The molecule has 0 saturated carbocycles. The monoisotopic (exact) mass is 398 g/mol. The number of rotatable bonds is 8. The van der Waals surface area contributed by atoms with Crippen molar-refractivity contribution in [1.82, 2.24) is 20.4 Å². The fourth-order valence-corrected chi connectivity index (χ4v) is 2.49. The molecular weight excluding hydrogens is 377 g/mol. The number of hydrogen-bond acceptors (Lipinski definition) is 5. The summed E-state index contributed by atoms with van der Waals surface area (Å²) in [5.74, 6) is -0.753. The lowest BCUT2D eigenvalue weighted by molar-refractivity contribution is -0.137. The Balaban J connectivity index is 2.26. The molecule has 0 unspecified atom stereocenters. The quantitative estimate of drug-likeness (QED) is 0.659. The van der Waals surface area contributed by atoms with E-state index in [1.165, 1.54) is 25.1 Å². The maximum atomic E-state index is 13.3. The number of carbonyl (C=O) groups is 1. The first-order valence-corrected chi connectivity index (χ1v) is 8.51. The van der Waals surface area contributed by atoms with E-state index in [9.17, 15) is 22.8 Å². The molecule has 0 saturated heterocycles. The average Bonchev–Trinajstić information content (AvgIpc) is 2.64. The van der Waals surface area contributed by atoms with Crippen LogP contribution in [-0.2, 0) is 10.9 Å². The highest BCUT2D eigenvalue weighted by atomic mass is 19.4. The van der Waals surface area contributed by atoms with Crippen molar-refractivity contribution in [2.75, 3.05) is 33.4 Å². The number of hydrogen-bond donors (Lipinski definition) is 2. The lowest BCUT2D eigenvalue weighted by Crippen LogP contribution is -2.36. The Morgan fingerprint density at radius 2 is 1.93 bits per heavy atom. The molecule has 0 fully saturated rings. The van der Waals surface area contributed by atoms with Crippen LogP contribution in [0.2, 0.25) is 0 Å². The van der Waals surface area contributed by atoms with Crippen molar-refractivity contribution >= 4 is 5.91 Å². The highest BCUT2D eigenvalue weighted by molar-refractivity contribution is 5.92. The van der Waals surface area contributed by atoms with Crippen molar-refractivity contribution in [3.05, 3.63) is 57.5 Å². The second kappa shape index (κ2) is 9.47. The minimum Gasteiger partial charge on any atom is -0.383 e. The molecule has 0 spiro atoms. The molecule has 1 heterocycles. The van der Waals surface area contributed by atoms with Crippen LogP contribution in [0.1, 0.15) is 21.7 Å². The number of alkyl halides is 3. The van der Waals surface area contributed by atoms with Gasteiger partial charge in [0.25, 0.3) is 5.91 Å². The first-order chi connectivity index (χ1) is 13.3. The third-order valence-corrected chi connectivity index (χ3v) is 3.83. The molecule has 152 valence electrons. The molecule has 0 aliphatic carbocycles. The van der Waals surface area contributed by atoms with Gasteiger partial charge in [-0.25, -0.2) is 4.68 Å². The third-order valence-electron chi connectivity index (χ3n) is 3.83. The van der Waals surface area contributed by atoms with Crippen LogP contribution in [0.3, 0.4) is 0 Å². The molecule has 2 N–H and O–H groups in total. The number of methoxy groups -OCH3 is 1. The van der Waals surface area contributed by atoms with Crippen molar-refractivity contribution in [3.63, 3.8) is 0 Å². The number of para-hydroxylation sites is 1. The van der Waals surface area contributed by atoms with Gasteiger partial charge in [0.1, 0.15) is 0 Å². The molecule has 7 nitrogen and oxygen atoms in total. The minimum absolute atomic E-state index is 0.180. The van der Waals surface area contributed by atoms with Gasteiger partial charge in [-0.05, 0) is 19.1 Å². The van der Waals surface area contributed by atoms with Crippen LogP contribution in [0.25, 0.3) is 5.69 Å². The summed E-state index contributed by atoms with van der Waals surface area (Å²) in [6, 6.07) is 5.92.